The SMILES string of the molecule is O=C(COc1ccccc1-c1ccccc1)NCCSCc1ccc(Cl)cc1. The van der Waals surface area contributed by atoms with E-state index in [2.05, 4.69) is 5.32 Å². The number of ether oxygens (including phenoxy) is 1. The number of carbonyl (C=O) groups excluding carboxylic acids is 1. The second kappa shape index (κ2) is 10.8. The summed E-state index contributed by atoms with van der Waals surface area (Å²) in [6, 6.07) is 25.6. The minimum absolute atomic E-state index is 0.00565. The molecular weight excluding hydrogens is 390 g/mol. The molecule has 0 bridgehead atoms. The lowest BCUT2D eigenvalue weighted by Gasteiger charge is -2.12. The molecule has 5 heteroatoms. The van der Waals surface area contributed by atoms with Gasteiger partial charge in [-0.25, -0.2) is 0 Å². The topological polar surface area (TPSA) is 38.3 Å². The Morgan fingerprint density at radius 2 is 1.64 bits per heavy atom. The first-order valence-electron chi connectivity index (χ1n) is 9.08. The van der Waals surface area contributed by atoms with Gasteiger partial charge in [0, 0.05) is 28.6 Å². The molecule has 144 valence electrons. The molecule has 0 aliphatic carbocycles. The van der Waals surface area contributed by atoms with Gasteiger partial charge in [0.2, 0.25) is 0 Å². The van der Waals surface area contributed by atoms with Crippen molar-refractivity contribution in [3.63, 3.8) is 0 Å². The Hall–Kier alpha value is -2.43. The highest BCUT2D eigenvalue weighted by Crippen LogP contribution is 2.29. The summed E-state index contributed by atoms with van der Waals surface area (Å²) in [5.74, 6) is 2.33. The number of halogens is 1. The fraction of sp³-hybridized carbons (Fsp3) is 0.174. The van der Waals surface area contributed by atoms with Crippen molar-refractivity contribution >= 4 is 29.3 Å². The van der Waals surface area contributed by atoms with Crippen LogP contribution in [0.25, 0.3) is 11.1 Å². The molecule has 0 saturated heterocycles. The summed E-state index contributed by atoms with van der Waals surface area (Å²) in [5, 5.41) is 3.65. The molecule has 3 nitrogen and oxygen atoms in total. The lowest BCUT2D eigenvalue weighted by molar-refractivity contribution is -0.122. The van der Waals surface area contributed by atoms with Crippen molar-refractivity contribution in [3.05, 3.63) is 89.4 Å². The average molecular weight is 412 g/mol. The maximum atomic E-state index is 12.1. The van der Waals surface area contributed by atoms with Crippen LogP contribution in [-0.2, 0) is 10.5 Å². The third-order valence-electron chi connectivity index (χ3n) is 4.08. The summed E-state index contributed by atoms with van der Waals surface area (Å²) in [6.45, 7) is 0.618. The predicted octanol–water partition coefficient (Wildman–Crippen LogP) is 5.44. The second-order valence-corrected chi connectivity index (χ2v) is 7.72. The molecule has 3 aromatic rings. The number of nitrogens with one attached hydrogen (secondary N) is 1. The number of benzene rings is 3. The molecular formula is C23H22ClNO2S. The number of hydrogen-bond acceptors (Lipinski definition) is 3. The largest absolute Gasteiger partial charge is 0.483 e. The zero-order valence-corrected chi connectivity index (χ0v) is 17.0. The lowest BCUT2D eigenvalue weighted by Crippen LogP contribution is -2.30. The van der Waals surface area contributed by atoms with E-state index in [0.29, 0.717) is 12.3 Å². The van der Waals surface area contributed by atoms with Gasteiger partial charge in [-0.15, -0.1) is 0 Å². The van der Waals surface area contributed by atoms with Gasteiger partial charge in [-0.3, -0.25) is 4.79 Å². The van der Waals surface area contributed by atoms with Gasteiger partial charge >= 0.3 is 0 Å². The Morgan fingerprint density at radius 1 is 0.929 bits per heavy atom. The van der Waals surface area contributed by atoms with Gasteiger partial charge in [0.1, 0.15) is 5.75 Å². The molecule has 0 radical (unpaired) electrons. The molecule has 1 amide bonds. The molecule has 28 heavy (non-hydrogen) atoms. The van der Waals surface area contributed by atoms with Crippen LogP contribution < -0.4 is 10.1 Å². The number of thioether (sulfide) groups is 1. The van der Waals surface area contributed by atoms with Crippen LogP contribution in [0.2, 0.25) is 5.02 Å². The minimum Gasteiger partial charge on any atom is -0.483 e. The molecule has 3 aromatic carbocycles. The van der Waals surface area contributed by atoms with Crippen molar-refractivity contribution < 1.29 is 9.53 Å². The second-order valence-electron chi connectivity index (χ2n) is 6.18. The van der Waals surface area contributed by atoms with E-state index in [1.54, 1.807) is 11.8 Å². The van der Waals surface area contributed by atoms with Gasteiger partial charge in [-0.1, -0.05) is 72.3 Å². The van der Waals surface area contributed by atoms with E-state index in [9.17, 15) is 4.79 Å². The first-order chi connectivity index (χ1) is 13.7. The molecule has 0 atom stereocenters. The molecule has 0 aliphatic rings. The van der Waals surface area contributed by atoms with Crippen LogP contribution >= 0.6 is 23.4 Å². The fourth-order valence-corrected chi connectivity index (χ4v) is 3.62. The van der Waals surface area contributed by atoms with Crippen molar-refractivity contribution in [3.8, 4) is 16.9 Å². The standard InChI is InChI=1S/C23H22ClNO2S/c24-20-12-10-18(11-13-20)17-28-15-14-25-23(26)16-27-22-9-5-4-8-21(22)19-6-2-1-3-7-19/h1-13H,14-17H2,(H,25,26). The van der Waals surface area contributed by atoms with Gasteiger partial charge in [-0.05, 0) is 29.3 Å². The molecule has 0 saturated carbocycles. The van der Waals surface area contributed by atoms with Crippen LogP contribution in [0.4, 0.5) is 0 Å². The summed E-state index contributed by atoms with van der Waals surface area (Å²) >= 11 is 7.65. The van der Waals surface area contributed by atoms with Crippen LogP contribution in [0, 0.1) is 0 Å². The van der Waals surface area contributed by atoms with E-state index in [0.717, 1.165) is 27.7 Å². The number of carbonyl (C=O) groups is 1. The van der Waals surface area contributed by atoms with E-state index in [-0.39, 0.29) is 12.5 Å². The van der Waals surface area contributed by atoms with Crippen LogP contribution in [0.3, 0.4) is 0 Å². The molecule has 0 heterocycles. The molecule has 0 unspecified atom stereocenters. The molecule has 1 N–H and O–H groups in total. The predicted molar refractivity (Wildman–Crippen MR) is 118 cm³/mol. The Balaban J connectivity index is 1.40. The van der Waals surface area contributed by atoms with Gasteiger partial charge in [0.15, 0.2) is 6.61 Å². The fourth-order valence-electron chi connectivity index (χ4n) is 2.68. The first kappa shape index (κ1) is 20.3. The highest BCUT2D eigenvalue weighted by atomic mass is 35.5. The van der Waals surface area contributed by atoms with E-state index in [1.165, 1.54) is 5.56 Å². The molecule has 0 fully saturated rings. The maximum Gasteiger partial charge on any atom is 0.257 e. The van der Waals surface area contributed by atoms with Gasteiger partial charge in [-0.2, -0.15) is 11.8 Å². The van der Waals surface area contributed by atoms with Crippen LogP contribution in [0.1, 0.15) is 5.56 Å². The highest BCUT2D eigenvalue weighted by molar-refractivity contribution is 7.98. The Kier molecular flexibility index (Phi) is 7.82. The van der Waals surface area contributed by atoms with E-state index in [1.807, 2.05) is 78.9 Å². The lowest BCUT2D eigenvalue weighted by atomic mass is 10.1. The zero-order valence-electron chi connectivity index (χ0n) is 15.4. The van der Waals surface area contributed by atoms with E-state index in [4.69, 9.17) is 16.3 Å². The van der Waals surface area contributed by atoms with Crippen molar-refractivity contribution in [2.24, 2.45) is 0 Å². The number of hydrogen-bond donors (Lipinski definition) is 1. The smallest absolute Gasteiger partial charge is 0.257 e. The summed E-state index contributed by atoms with van der Waals surface area (Å²) < 4.78 is 5.76. The van der Waals surface area contributed by atoms with Gasteiger partial charge in [0.05, 0.1) is 0 Å². The van der Waals surface area contributed by atoms with Crippen molar-refractivity contribution in [1.82, 2.24) is 5.32 Å². The quantitative estimate of drug-likeness (QED) is 0.477. The van der Waals surface area contributed by atoms with Gasteiger partial charge < -0.3 is 10.1 Å². The summed E-state index contributed by atoms with van der Waals surface area (Å²) in [6.07, 6.45) is 0. The van der Waals surface area contributed by atoms with Crippen molar-refractivity contribution in [1.29, 1.82) is 0 Å². The van der Waals surface area contributed by atoms with E-state index >= 15 is 0 Å². The molecule has 0 spiro atoms. The monoisotopic (exact) mass is 411 g/mol. The normalized spacial score (nSPS) is 10.5. The minimum atomic E-state index is -0.116. The average Bonchev–Trinajstić information content (AvgIpc) is 2.74. The van der Waals surface area contributed by atoms with Crippen LogP contribution in [-0.4, -0.2) is 24.8 Å². The van der Waals surface area contributed by atoms with Crippen LogP contribution in [0.5, 0.6) is 5.75 Å². The Morgan fingerprint density at radius 3 is 2.43 bits per heavy atom. The number of para-hydroxylation sites is 1. The van der Waals surface area contributed by atoms with Crippen molar-refractivity contribution in [2.45, 2.75) is 5.75 Å². The Labute approximate surface area is 175 Å². The third-order valence-corrected chi connectivity index (χ3v) is 5.36. The maximum absolute atomic E-state index is 12.1. The molecule has 0 aromatic heterocycles. The van der Waals surface area contributed by atoms with Crippen LogP contribution in [0.15, 0.2) is 78.9 Å². The number of amides is 1. The summed E-state index contributed by atoms with van der Waals surface area (Å²) in [7, 11) is 0. The number of rotatable bonds is 9. The Bertz CT molecular complexity index is 885. The third kappa shape index (κ3) is 6.32. The first-order valence-corrected chi connectivity index (χ1v) is 10.6. The highest BCUT2D eigenvalue weighted by Gasteiger charge is 2.08. The molecule has 0 aliphatic heterocycles. The van der Waals surface area contributed by atoms with E-state index < -0.39 is 0 Å². The van der Waals surface area contributed by atoms with Crippen molar-refractivity contribution in [2.75, 3.05) is 18.9 Å². The summed E-state index contributed by atoms with van der Waals surface area (Å²) in [4.78, 5) is 12.1. The van der Waals surface area contributed by atoms with Gasteiger partial charge in [0.25, 0.3) is 5.91 Å². The molecule has 3 rings (SSSR count). The summed E-state index contributed by atoms with van der Waals surface area (Å²) in [5.41, 5.74) is 3.27. The zero-order chi connectivity index (χ0) is 19.6.